The Labute approximate surface area is 73.4 Å². The zero-order valence-electron chi connectivity index (χ0n) is 7.55. The first-order chi connectivity index (χ1) is 5.74. The van der Waals surface area contributed by atoms with Crippen LogP contribution in [0.2, 0.25) is 0 Å². The van der Waals surface area contributed by atoms with Crippen molar-refractivity contribution in [2.75, 3.05) is 0 Å². The van der Waals surface area contributed by atoms with Gasteiger partial charge in [0, 0.05) is 0 Å². The summed E-state index contributed by atoms with van der Waals surface area (Å²) in [5, 5.41) is 0. The number of allylic oxidation sites excluding steroid dienone is 1. The lowest BCUT2D eigenvalue weighted by molar-refractivity contribution is 0.363. The van der Waals surface area contributed by atoms with E-state index < -0.39 is 0 Å². The molecule has 1 aliphatic rings. The molecule has 0 atom stereocenters. The van der Waals surface area contributed by atoms with Crippen LogP contribution in [0.5, 0.6) is 0 Å². The summed E-state index contributed by atoms with van der Waals surface area (Å²) in [4.78, 5) is 13.7. The van der Waals surface area contributed by atoms with E-state index in [4.69, 9.17) is 0 Å². The second-order valence-corrected chi connectivity index (χ2v) is 3.57. The molecule has 0 saturated heterocycles. The van der Waals surface area contributed by atoms with Crippen LogP contribution in [0.15, 0.2) is 17.1 Å². The summed E-state index contributed by atoms with van der Waals surface area (Å²) in [6.07, 6.45) is 5.94. The highest BCUT2D eigenvalue weighted by Gasteiger charge is 2.20. The van der Waals surface area contributed by atoms with Crippen molar-refractivity contribution in [2.24, 2.45) is 10.9 Å². The topological polar surface area (TPSA) is 29.4 Å². The van der Waals surface area contributed by atoms with Gasteiger partial charge in [0.25, 0.3) is 0 Å². The predicted octanol–water partition coefficient (Wildman–Crippen LogP) is 2.46. The van der Waals surface area contributed by atoms with Crippen molar-refractivity contribution in [1.82, 2.24) is 0 Å². The molecule has 2 nitrogen and oxygen atoms in total. The van der Waals surface area contributed by atoms with Crippen LogP contribution >= 0.6 is 0 Å². The Hall–Kier alpha value is -0.880. The minimum Gasteiger partial charge on any atom is -0.211 e. The van der Waals surface area contributed by atoms with Crippen molar-refractivity contribution in [1.29, 1.82) is 0 Å². The summed E-state index contributed by atoms with van der Waals surface area (Å²) in [7, 11) is 0. The zero-order valence-corrected chi connectivity index (χ0v) is 7.55. The average Bonchev–Trinajstić information content (AvgIpc) is 2.06. The average molecular weight is 165 g/mol. The maximum Gasteiger partial charge on any atom is 0.235 e. The summed E-state index contributed by atoms with van der Waals surface area (Å²) in [5.74, 6) is 0.656. The minimum atomic E-state index is 0.234. The molecular formula is C10H15NO. The predicted molar refractivity (Wildman–Crippen MR) is 48.7 cm³/mol. The monoisotopic (exact) mass is 165 g/mol. The van der Waals surface area contributed by atoms with Crippen LogP contribution in [0, 0.1) is 5.92 Å². The number of aliphatic imine (C=N–C) groups is 1. The normalized spacial score (nSPS) is 29.1. The Balaban J connectivity index is 2.39. The number of hydrogen-bond acceptors (Lipinski definition) is 2. The summed E-state index contributed by atoms with van der Waals surface area (Å²) in [6, 6.07) is 0.234. The maximum absolute atomic E-state index is 9.98. The van der Waals surface area contributed by atoms with Gasteiger partial charge in [-0.15, -0.1) is 0 Å². The Morgan fingerprint density at radius 2 is 2.00 bits per heavy atom. The fourth-order valence-corrected chi connectivity index (χ4v) is 1.77. The van der Waals surface area contributed by atoms with Crippen molar-refractivity contribution in [3.05, 3.63) is 12.2 Å². The Morgan fingerprint density at radius 3 is 2.42 bits per heavy atom. The molecular weight excluding hydrogens is 150 g/mol. The molecule has 1 saturated carbocycles. The third kappa shape index (κ3) is 2.31. The van der Waals surface area contributed by atoms with Gasteiger partial charge in [0.05, 0.1) is 6.04 Å². The van der Waals surface area contributed by atoms with Crippen LogP contribution in [0.25, 0.3) is 0 Å². The van der Waals surface area contributed by atoms with Crippen LogP contribution in [-0.4, -0.2) is 12.1 Å². The standard InChI is InChI=1S/C10H15NO/c1-8(2)9-3-5-10(6-4-9)11-7-12/h9-10H,1,3-6H2,2H3. The smallest absolute Gasteiger partial charge is 0.211 e. The van der Waals surface area contributed by atoms with E-state index >= 15 is 0 Å². The summed E-state index contributed by atoms with van der Waals surface area (Å²) < 4.78 is 0. The van der Waals surface area contributed by atoms with Crippen LogP contribution in [0.3, 0.4) is 0 Å². The highest BCUT2D eigenvalue weighted by Crippen LogP contribution is 2.29. The Bertz CT molecular complexity index is 198. The molecule has 0 unspecified atom stereocenters. The summed E-state index contributed by atoms with van der Waals surface area (Å²) in [6.45, 7) is 6.02. The van der Waals surface area contributed by atoms with Gasteiger partial charge in [-0.25, -0.2) is 9.79 Å². The largest absolute Gasteiger partial charge is 0.235 e. The quantitative estimate of drug-likeness (QED) is 0.351. The molecule has 12 heavy (non-hydrogen) atoms. The van der Waals surface area contributed by atoms with Crippen molar-refractivity contribution >= 4 is 6.08 Å². The third-order valence-corrected chi connectivity index (χ3v) is 2.63. The van der Waals surface area contributed by atoms with Gasteiger partial charge in [0.2, 0.25) is 6.08 Å². The second-order valence-electron chi connectivity index (χ2n) is 3.57. The van der Waals surface area contributed by atoms with Crippen molar-refractivity contribution in [2.45, 2.75) is 38.6 Å². The first kappa shape index (κ1) is 9.21. The highest BCUT2D eigenvalue weighted by atomic mass is 16.1. The molecule has 0 aromatic rings. The van der Waals surface area contributed by atoms with E-state index in [1.807, 2.05) is 0 Å². The van der Waals surface area contributed by atoms with Gasteiger partial charge < -0.3 is 0 Å². The van der Waals surface area contributed by atoms with Crippen LogP contribution in [-0.2, 0) is 4.79 Å². The van der Waals surface area contributed by atoms with Gasteiger partial charge in [-0.3, -0.25) is 0 Å². The van der Waals surface area contributed by atoms with Gasteiger partial charge in [-0.05, 0) is 38.5 Å². The third-order valence-electron chi connectivity index (χ3n) is 2.63. The van der Waals surface area contributed by atoms with Crippen LogP contribution < -0.4 is 0 Å². The fourth-order valence-electron chi connectivity index (χ4n) is 1.77. The molecule has 0 aliphatic heterocycles. The SMILES string of the molecule is C=C(C)C1CCC(N=C=O)CC1. The summed E-state index contributed by atoms with van der Waals surface area (Å²) in [5.41, 5.74) is 1.27. The lowest BCUT2D eigenvalue weighted by Gasteiger charge is -2.25. The van der Waals surface area contributed by atoms with Gasteiger partial charge in [-0.2, -0.15) is 0 Å². The van der Waals surface area contributed by atoms with Crippen LogP contribution in [0.1, 0.15) is 32.6 Å². The molecule has 2 heteroatoms. The van der Waals surface area contributed by atoms with E-state index in [9.17, 15) is 4.79 Å². The van der Waals surface area contributed by atoms with Crippen molar-refractivity contribution in [3.8, 4) is 0 Å². The molecule has 0 radical (unpaired) electrons. The number of rotatable bonds is 2. The molecule has 0 aromatic heterocycles. The van der Waals surface area contributed by atoms with Crippen molar-refractivity contribution in [3.63, 3.8) is 0 Å². The first-order valence-electron chi connectivity index (χ1n) is 4.46. The van der Waals surface area contributed by atoms with E-state index in [1.165, 1.54) is 5.57 Å². The lowest BCUT2D eigenvalue weighted by Crippen LogP contribution is -2.17. The first-order valence-corrected chi connectivity index (χ1v) is 4.46. The van der Waals surface area contributed by atoms with Gasteiger partial charge >= 0.3 is 0 Å². The Kier molecular flexibility index (Phi) is 3.24. The molecule has 1 fully saturated rings. The van der Waals surface area contributed by atoms with E-state index in [0.29, 0.717) is 5.92 Å². The van der Waals surface area contributed by atoms with Crippen LogP contribution in [0.4, 0.5) is 0 Å². The number of nitrogens with zero attached hydrogens (tertiary/aromatic N) is 1. The number of isocyanates is 1. The van der Waals surface area contributed by atoms with Gasteiger partial charge in [0.1, 0.15) is 0 Å². The maximum atomic E-state index is 9.98. The lowest BCUT2D eigenvalue weighted by atomic mass is 9.83. The molecule has 1 aliphatic carbocycles. The number of carbonyl (C=O) groups excluding carboxylic acids is 1. The van der Waals surface area contributed by atoms with Crippen molar-refractivity contribution < 1.29 is 4.79 Å². The molecule has 0 amide bonds. The highest BCUT2D eigenvalue weighted by molar-refractivity contribution is 5.33. The molecule has 1 rings (SSSR count). The van der Waals surface area contributed by atoms with E-state index in [0.717, 1.165) is 25.7 Å². The molecule has 0 bridgehead atoms. The molecule has 0 spiro atoms. The van der Waals surface area contributed by atoms with E-state index in [2.05, 4.69) is 18.5 Å². The zero-order chi connectivity index (χ0) is 8.97. The Morgan fingerprint density at radius 1 is 1.42 bits per heavy atom. The molecule has 0 heterocycles. The fraction of sp³-hybridized carbons (Fsp3) is 0.700. The second kappa shape index (κ2) is 4.22. The van der Waals surface area contributed by atoms with Gasteiger partial charge in [-0.1, -0.05) is 12.2 Å². The van der Waals surface area contributed by atoms with Gasteiger partial charge in [0.15, 0.2) is 0 Å². The molecule has 0 aromatic carbocycles. The number of hydrogen-bond donors (Lipinski definition) is 0. The minimum absolute atomic E-state index is 0.234. The summed E-state index contributed by atoms with van der Waals surface area (Å²) >= 11 is 0. The molecule has 0 N–H and O–H groups in total. The van der Waals surface area contributed by atoms with E-state index in [1.54, 1.807) is 6.08 Å². The van der Waals surface area contributed by atoms with E-state index in [-0.39, 0.29) is 6.04 Å². The molecule has 66 valence electrons.